The van der Waals surface area contributed by atoms with Gasteiger partial charge in [0.15, 0.2) is 0 Å². The van der Waals surface area contributed by atoms with Crippen LogP contribution in [0.3, 0.4) is 0 Å². The molecule has 0 spiro atoms. The number of nitriles is 1. The smallest absolute Gasteiger partial charge is 0.0992 e. The highest BCUT2D eigenvalue weighted by molar-refractivity contribution is 8.01. The monoisotopic (exact) mass is 430 g/mol. The molecule has 1 aliphatic carbocycles. The zero-order valence-electron chi connectivity index (χ0n) is 15.7. The highest BCUT2D eigenvalue weighted by Gasteiger charge is 2.19. The van der Waals surface area contributed by atoms with E-state index in [9.17, 15) is 5.26 Å². The van der Waals surface area contributed by atoms with Crippen molar-refractivity contribution in [2.45, 2.75) is 46.3 Å². The van der Waals surface area contributed by atoms with Gasteiger partial charge in [0.25, 0.3) is 0 Å². The Kier molecular flexibility index (Phi) is 6.87. The molecule has 0 bridgehead atoms. The average Bonchev–Trinajstić information content (AvgIpc) is 3.25. The lowest BCUT2D eigenvalue weighted by atomic mass is 9.98. The number of halogens is 1. The molecule has 2 fully saturated rings. The minimum Gasteiger partial charge on any atom is -0.379 e. The van der Waals surface area contributed by atoms with Gasteiger partial charge in [-0.3, -0.25) is 0 Å². The summed E-state index contributed by atoms with van der Waals surface area (Å²) < 4.78 is 7.77. The van der Waals surface area contributed by atoms with Gasteiger partial charge in [0.1, 0.15) is 0 Å². The predicted octanol–water partition coefficient (Wildman–Crippen LogP) is 6.36. The van der Waals surface area contributed by atoms with Gasteiger partial charge in [-0.15, -0.1) is 0 Å². The van der Waals surface area contributed by atoms with E-state index < -0.39 is 0 Å². The second-order valence-electron chi connectivity index (χ2n) is 7.21. The molecular formula is C22H23ClN2OS2. The van der Waals surface area contributed by atoms with Crippen molar-refractivity contribution in [3.8, 4) is 6.07 Å². The topological polar surface area (TPSA) is 36.3 Å². The molecule has 2 aromatic carbocycles. The Balaban J connectivity index is 1.59. The number of benzene rings is 2. The second-order valence-corrected chi connectivity index (χ2v) is 9.90. The molecular weight excluding hydrogens is 408 g/mol. The van der Waals surface area contributed by atoms with Gasteiger partial charge in [-0.1, -0.05) is 36.2 Å². The van der Waals surface area contributed by atoms with E-state index in [0.29, 0.717) is 11.5 Å². The highest BCUT2D eigenvalue weighted by Crippen LogP contribution is 2.41. The summed E-state index contributed by atoms with van der Waals surface area (Å²) in [6.45, 7) is 3.31. The van der Waals surface area contributed by atoms with Crippen molar-refractivity contribution >= 4 is 35.3 Å². The molecule has 3 nitrogen and oxygen atoms in total. The fourth-order valence-corrected chi connectivity index (χ4v) is 6.20. The first-order chi connectivity index (χ1) is 13.7. The Labute approximate surface area is 180 Å². The Morgan fingerprint density at radius 1 is 1.04 bits per heavy atom. The first-order valence-electron chi connectivity index (χ1n) is 9.74. The van der Waals surface area contributed by atoms with Crippen LogP contribution in [0, 0.1) is 11.3 Å². The van der Waals surface area contributed by atoms with Crippen molar-refractivity contribution < 1.29 is 4.74 Å². The van der Waals surface area contributed by atoms with Crippen LogP contribution >= 0.6 is 35.3 Å². The Morgan fingerprint density at radius 2 is 1.82 bits per heavy atom. The molecule has 0 aromatic heterocycles. The number of rotatable bonds is 5. The van der Waals surface area contributed by atoms with Gasteiger partial charge in [-0.05, 0) is 72.7 Å². The standard InChI is InChI=1S/C22H23ClN2OS2/c23-19-12-18(17-3-1-2-4-17)13-20(14-19)27-21-6-5-16(15-24)11-22(21)28-25-7-9-26-10-8-25/h5-6,11-14,17H,1-4,7-10H2. The van der Waals surface area contributed by atoms with Crippen LogP contribution in [0.5, 0.6) is 0 Å². The van der Waals surface area contributed by atoms with Crippen LogP contribution in [0.1, 0.15) is 42.7 Å². The maximum Gasteiger partial charge on any atom is 0.0992 e. The van der Waals surface area contributed by atoms with E-state index in [2.05, 4.69) is 28.6 Å². The fraction of sp³-hybridized carbons (Fsp3) is 0.409. The summed E-state index contributed by atoms with van der Waals surface area (Å²) >= 11 is 9.91. The zero-order chi connectivity index (χ0) is 19.3. The number of hydrogen-bond donors (Lipinski definition) is 0. The maximum absolute atomic E-state index is 9.33. The number of nitrogens with zero attached hydrogens (tertiary/aromatic N) is 2. The van der Waals surface area contributed by atoms with Gasteiger partial charge in [-0.2, -0.15) is 5.26 Å². The quantitative estimate of drug-likeness (QED) is 0.515. The minimum absolute atomic E-state index is 0.640. The summed E-state index contributed by atoms with van der Waals surface area (Å²) in [5, 5.41) is 10.1. The highest BCUT2D eigenvalue weighted by atomic mass is 35.5. The van der Waals surface area contributed by atoms with Crippen molar-refractivity contribution in [1.29, 1.82) is 5.26 Å². The van der Waals surface area contributed by atoms with Crippen LogP contribution < -0.4 is 0 Å². The third-order valence-electron chi connectivity index (χ3n) is 5.22. The van der Waals surface area contributed by atoms with Crippen molar-refractivity contribution in [3.05, 3.63) is 52.5 Å². The van der Waals surface area contributed by atoms with Gasteiger partial charge in [-0.25, -0.2) is 4.31 Å². The summed E-state index contributed by atoms with van der Waals surface area (Å²) in [6, 6.07) is 14.7. The van der Waals surface area contributed by atoms with E-state index in [0.717, 1.165) is 41.1 Å². The Morgan fingerprint density at radius 3 is 2.57 bits per heavy atom. The Hall–Kier alpha value is -1.16. The summed E-state index contributed by atoms with van der Waals surface area (Å²) in [5.74, 6) is 0.640. The third-order valence-corrected chi connectivity index (χ3v) is 7.77. The lowest BCUT2D eigenvalue weighted by Gasteiger charge is -2.26. The zero-order valence-corrected chi connectivity index (χ0v) is 18.1. The molecule has 1 saturated heterocycles. The van der Waals surface area contributed by atoms with Crippen LogP contribution in [0.2, 0.25) is 5.02 Å². The number of morpholine rings is 1. The maximum atomic E-state index is 9.33. The van der Waals surface area contributed by atoms with Crippen molar-refractivity contribution in [2.24, 2.45) is 0 Å². The van der Waals surface area contributed by atoms with E-state index in [1.165, 1.54) is 36.1 Å². The summed E-state index contributed by atoms with van der Waals surface area (Å²) in [4.78, 5) is 3.45. The molecule has 1 heterocycles. The fourth-order valence-electron chi connectivity index (χ4n) is 3.78. The molecule has 0 unspecified atom stereocenters. The summed E-state index contributed by atoms with van der Waals surface area (Å²) in [6.07, 6.45) is 5.16. The molecule has 4 rings (SSSR count). The van der Waals surface area contributed by atoms with Crippen LogP contribution in [0.25, 0.3) is 0 Å². The van der Waals surface area contributed by atoms with Gasteiger partial charge < -0.3 is 4.74 Å². The molecule has 0 radical (unpaired) electrons. The lowest BCUT2D eigenvalue weighted by molar-refractivity contribution is 0.0773. The number of ether oxygens (including phenoxy) is 1. The molecule has 0 amide bonds. The van der Waals surface area contributed by atoms with Gasteiger partial charge in [0.2, 0.25) is 0 Å². The third kappa shape index (κ3) is 5.06. The van der Waals surface area contributed by atoms with Gasteiger partial charge in [0.05, 0.1) is 24.8 Å². The van der Waals surface area contributed by atoms with Crippen LogP contribution in [-0.2, 0) is 4.74 Å². The first kappa shape index (κ1) is 20.1. The normalized spacial score (nSPS) is 18.3. The Bertz CT molecular complexity index is 871. The van der Waals surface area contributed by atoms with E-state index in [1.54, 1.807) is 23.7 Å². The van der Waals surface area contributed by atoms with Crippen LogP contribution in [0.4, 0.5) is 0 Å². The molecule has 0 atom stereocenters. The molecule has 1 saturated carbocycles. The molecule has 2 aliphatic rings. The summed E-state index contributed by atoms with van der Waals surface area (Å²) in [5.41, 5.74) is 2.06. The van der Waals surface area contributed by atoms with Crippen molar-refractivity contribution in [3.63, 3.8) is 0 Å². The van der Waals surface area contributed by atoms with Crippen molar-refractivity contribution in [2.75, 3.05) is 26.3 Å². The molecule has 146 valence electrons. The molecule has 0 N–H and O–H groups in total. The van der Waals surface area contributed by atoms with Crippen molar-refractivity contribution in [1.82, 2.24) is 4.31 Å². The van der Waals surface area contributed by atoms with E-state index in [-0.39, 0.29) is 0 Å². The van der Waals surface area contributed by atoms with Crippen LogP contribution in [0.15, 0.2) is 51.1 Å². The van der Waals surface area contributed by atoms with Crippen LogP contribution in [-0.4, -0.2) is 30.6 Å². The SMILES string of the molecule is N#Cc1ccc(Sc2cc(Cl)cc(C3CCCC3)c2)c(SN2CCOCC2)c1. The largest absolute Gasteiger partial charge is 0.379 e. The minimum atomic E-state index is 0.640. The number of hydrogen-bond acceptors (Lipinski definition) is 5. The lowest BCUT2D eigenvalue weighted by Crippen LogP contribution is -2.30. The second kappa shape index (κ2) is 9.56. The van der Waals surface area contributed by atoms with E-state index in [4.69, 9.17) is 16.3 Å². The average molecular weight is 431 g/mol. The molecule has 28 heavy (non-hydrogen) atoms. The first-order valence-corrected chi connectivity index (χ1v) is 11.7. The molecule has 1 aliphatic heterocycles. The molecule has 6 heteroatoms. The van der Waals surface area contributed by atoms with E-state index in [1.807, 2.05) is 18.2 Å². The van der Waals surface area contributed by atoms with Gasteiger partial charge in [0, 0.05) is 32.8 Å². The summed E-state index contributed by atoms with van der Waals surface area (Å²) in [7, 11) is 0. The van der Waals surface area contributed by atoms with E-state index >= 15 is 0 Å². The predicted molar refractivity (Wildman–Crippen MR) is 116 cm³/mol. The molecule has 2 aromatic rings. The van der Waals surface area contributed by atoms with Gasteiger partial charge >= 0.3 is 0 Å².